The summed E-state index contributed by atoms with van der Waals surface area (Å²) in [5.41, 5.74) is 10.4. The van der Waals surface area contributed by atoms with Crippen LogP contribution in [0, 0.1) is 0 Å². The van der Waals surface area contributed by atoms with Crippen molar-refractivity contribution in [3.63, 3.8) is 0 Å². The number of fused-ring (bicyclic) bond motifs is 1. The summed E-state index contributed by atoms with van der Waals surface area (Å²) >= 11 is 1.77. The van der Waals surface area contributed by atoms with Crippen LogP contribution in [-0.4, -0.2) is 18.6 Å². The summed E-state index contributed by atoms with van der Waals surface area (Å²) in [6, 6.07) is 27.1. The van der Waals surface area contributed by atoms with E-state index in [1.54, 1.807) is 11.8 Å². The lowest BCUT2D eigenvalue weighted by molar-refractivity contribution is 0.296. The van der Waals surface area contributed by atoms with Crippen LogP contribution in [0.2, 0.25) is 0 Å². The minimum atomic E-state index is -0.0657. The maximum absolute atomic E-state index is 6.81. The summed E-state index contributed by atoms with van der Waals surface area (Å²) < 4.78 is 6.52. The van der Waals surface area contributed by atoms with E-state index >= 15 is 0 Å². The molecule has 0 saturated carbocycles. The minimum Gasteiger partial charge on any atom is -0.494 e. The van der Waals surface area contributed by atoms with Crippen LogP contribution in [0.25, 0.3) is 6.08 Å². The van der Waals surface area contributed by atoms with Crippen LogP contribution in [0.15, 0.2) is 90.3 Å². The van der Waals surface area contributed by atoms with Crippen LogP contribution in [0.1, 0.15) is 24.8 Å². The Morgan fingerprint density at radius 3 is 2.37 bits per heavy atom. The van der Waals surface area contributed by atoms with Crippen molar-refractivity contribution in [2.45, 2.75) is 29.7 Å². The van der Waals surface area contributed by atoms with Crippen LogP contribution in [0.3, 0.4) is 0 Å². The molecule has 4 rings (SSSR count). The zero-order valence-corrected chi connectivity index (χ0v) is 18.1. The first kappa shape index (κ1) is 20.7. The number of thioether (sulfide) groups is 1. The van der Waals surface area contributed by atoms with Gasteiger partial charge in [0.2, 0.25) is 5.50 Å². The van der Waals surface area contributed by atoms with Crippen molar-refractivity contribution >= 4 is 29.2 Å². The molecule has 0 spiro atoms. The second-order valence-corrected chi connectivity index (χ2v) is 8.72. The quantitative estimate of drug-likeness (QED) is 0.316. The molecule has 154 valence electrons. The van der Waals surface area contributed by atoms with E-state index in [0.717, 1.165) is 38.2 Å². The highest BCUT2D eigenvalue weighted by Crippen LogP contribution is 2.54. The number of ether oxygens (including phenoxy) is 1. The number of quaternary nitrogens is 1. The molecule has 0 aromatic heterocycles. The third-order valence-corrected chi connectivity index (χ3v) is 6.90. The first-order valence-corrected chi connectivity index (χ1v) is 11.4. The molecule has 0 radical (unpaired) electrons. The Bertz CT molecular complexity index is 977. The lowest BCUT2D eigenvalue weighted by Gasteiger charge is -2.38. The molecule has 3 aromatic carbocycles. The highest BCUT2D eigenvalue weighted by Gasteiger charge is 2.48. The summed E-state index contributed by atoms with van der Waals surface area (Å²) in [6.07, 6.45) is 5.16. The van der Waals surface area contributed by atoms with Crippen molar-refractivity contribution in [3.8, 4) is 5.75 Å². The summed E-state index contributed by atoms with van der Waals surface area (Å²) in [7, 11) is 0. The fourth-order valence-corrected chi connectivity index (χ4v) is 5.58. The molecule has 0 amide bonds. The number of para-hydroxylation sites is 3. The standard InChI is InChI=1S/C26H29N2OS/c1-2-21-13-12-18-24-25(21)28(26(27)30-24,22-14-6-3-7-15-22)19-10-5-11-20-29-23-16-8-4-9-17-23/h2-4,6-9,12-18,26H,1,5,10-11,19-20,27H2/q+1. The Hall–Kier alpha value is -2.53. The van der Waals surface area contributed by atoms with Crippen molar-refractivity contribution < 1.29 is 4.74 Å². The van der Waals surface area contributed by atoms with E-state index in [-0.39, 0.29) is 5.50 Å². The van der Waals surface area contributed by atoms with Gasteiger partial charge in [-0.2, -0.15) is 0 Å². The van der Waals surface area contributed by atoms with E-state index in [0.29, 0.717) is 4.48 Å². The van der Waals surface area contributed by atoms with Gasteiger partial charge in [-0.3, -0.25) is 5.73 Å². The Morgan fingerprint density at radius 1 is 0.900 bits per heavy atom. The topological polar surface area (TPSA) is 35.2 Å². The van der Waals surface area contributed by atoms with E-state index in [2.05, 4.69) is 55.1 Å². The van der Waals surface area contributed by atoms with Crippen LogP contribution >= 0.6 is 11.8 Å². The number of nitrogens with zero attached hydrogens (tertiary/aromatic N) is 1. The number of hydrogen-bond acceptors (Lipinski definition) is 3. The predicted octanol–water partition coefficient (Wildman–Crippen LogP) is 6.57. The number of rotatable bonds is 9. The SMILES string of the molecule is C=Cc1cccc2c1[N+](CCCCCOc1ccccc1)(c1ccccc1)C(N)S2. The van der Waals surface area contributed by atoms with Gasteiger partial charge in [-0.05, 0) is 67.4 Å². The molecule has 1 heterocycles. The molecule has 2 atom stereocenters. The van der Waals surface area contributed by atoms with Crippen LogP contribution in [0.5, 0.6) is 5.75 Å². The lowest BCUT2D eigenvalue weighted by atomic mass is 10.1. The Kier molecular flexibility index (Phi) is 6.58. The third kappa shape index (κ3) is 4.04. The maximum Gasteiger partial charge on any atom is 0.202 e. The van der Waals surface area contributed by atoms with E-state index in [1.165, 1.54) is 21.8 Å². The van der Waals surface area contributed by atoms with Gasteiger partial charge in [-0.25, -0.2) is 4.48 Å². The molecule has 2 unspecified atom stereocenters. The van der Waals surface area contributed by atoms with E-state index in [9.17, 15) is 0 Å². The first-order valence-electron chi connectivity index (χ1n) is 10.5. The molecule has 3 nitrogen and oxygen atoms in total. The molecule has 30 heavy (non-hydrogen) atoms. The molecular weight excluding hydrogens is 388 g/mol. The molecule has 3 aromatic rings. The molecule has 4 heteroatoms. The number of benzene rings is 3. The van der Waals surface area contributed by atoms with Gasteiger partial charge in [-0.15, -0.1) is 0 Å². The van der Waals surface area contributed by atoms with Crippen LogP contribution < -0.4 is 15.0 Å². The van der Waals surface area contributed by atoms with Crippen molar-refractivity contribution in [2.24, 2.45) is 5.73 Å². The van der Waals surface area contributed by atoms with Gasteiger partial charge < -0.3 is 4.74 Å². The van der Waals surface area contributed by atoms with Crippen LogP contribution in [0.4, 0.5) is 11.4 Å². The maximum atomic E-state index is 6.81. The molecule has 0 fully saturated rings. The van der Waals surface area contributed by atoms with Gasteiger partial charge in [-0.1, -0.05) is 55.1 Å². The van der Waals surface area contributed by atoms with E-state index in [1.807, 2.05) is 36.4 Å². The second kappa shape index (κ2) is 9.52. The third-order valence-electron chi connectivity index (χ3n) is 5.72. The van der Waals surface area contributed by atoms with E-state index < -0.39 is 0 Å². The van der Waals surface area contributed by atoms with Gasteiger partial charge in [0.15, 0.2) is 5.69 Å². The van der Waals surface area contributed by atoms with Crippen molar-refractivity contribution in [1.82, 2.24) is 4.48 Å². The summed E-state index contributed by atoms with van der Waals surface area (Å²) in [5, 5.41) is 0. The smallest absolute Gasteiger partial charge is 0.202 e. The summed E-state index contributed by atoms with van der Waals surface area (Å²) in [6.45, 7) is 5.77. The molecule has 2 N–H and O–H groups in total. The van der Waals surface area contributed by atoms with Crippen molar-refractivity contribution in [2.75, 3.05) is 13.2 Å². The molecule has 1 aliphatic rings. The molecule has 0 aliphatic carbocycles. The number of nitrogens with two attached hydrogens (primary N) is 1. The fraction of sp³-hybridized carbons (Fsp3) is 0.231. The van der Waals surface area contributed by atoms with Crippen molar-refractivity contribution in [1.29, 1.82) is 0 Å². The first-order chi connectivity index (χ1) is 14.8. The highest BCUT2D eigenvalue weighted by molar-refractivity contribution is 8.00. The highest BCUT2D eigenvalue weighted by atomic mass is 32.2. The van der Waals surface area contributed by atoms with Crippen molar-refractivity contribution in [3.05, 3.63) is 91.0 Å². The molecule has 0 bridgehead atoms. The largest absolute Gasteiger partial charge is 0.494 e. The zero-order valence-electron chi connectivity index (χ0n) is 17.2. The average Bonchev–Trinajstić information content (AvgIpc) is 3.09. The number of unbranched alkanes of at least 4 members (excludes halogenated alkanes) is 2. The summed E-state index contributed by atoms with van der Waals surface area (Å²) in [5.74, 6) is 0.938. The average molecular weight is 418 g/mol. The Labute approximate surface area is 183 Å². The minimum absolute atomic E-state index is 0.0657. The van der Waals surface area contributed by atoms with Crippen LogP contribution in [-0.2, 0) is 0 Å². The molecule has 1 aliphatic heterocycles. The summed E-state index contributed by atoms with van der Waals surface area (Å²) in [4.78, 5) is 1.26. The molecule has 0 saturated heterocycles. The number of hydrogen-bond donors (Lipinski definition) is 1. The van der Waals surface area contributed by atoms with Gasteiger partial charge in [0.05, 0.1) is 18.0 Å². The monoisotopic (exact) mass is 417 g/mol. The lowest BCUT2D eigenvalue weighted by Crippen LogP contribution is -2.53. The van der Waals surface area contributed by atoms with Gasteiger partial charge in [0, 0.05) is 5.56 Å². The van der Waals surface area contributed by atoms with Gasteiger partial charge in [0.25, 0.3) is 0 Å². The Morgan fingerprint density at radius 2 is 1.63 bits per heavy atom. The van der Waals surface area contributed by atoms with E-state index in [4.69, 9.17) is 10.5 Å². The normalized spacial score (nSPS) is 20.0. The fourth-order valence-electron chi connectivity index (χ4n) is 4.26. The van der Waals surface area contributed by atoms with Gasteiger partial charge in [0.1, 0.15) is 11.4 Å². The van der Waals surface area contributed by atoms with Gasteiger partial charge >= 0.3 is 0 Å². The molecular formula is C26H29N2OS+. The zero-order chi connectivity index (χ0) is 20.8. The predicted molar refractivity (Wildman–Crippen MR) is 129 cm³/mol. The Balaban J connectivity index is 1.51. The second-order valence-electron chi connectivity index (χ2n) is 7.56.